The van der Waals surface area contributed by atoms with Crippen molar-refractivity contribution < 1.29 is 42.7 Å². The van der Waals surface area contributed by atoms with Crippen molar-refractivity contribution in [3.8, 4) is 0 Å². The number of carbonyl (C=O) groups excluding carboxylic acids is 8. The van der Waals surface area contributed by atoms with Crippen LogP contribution in [0.2, 0.25) is 0 Å². The summed E-state index contributed by atoms with van der Waals surface area (Å²) in [7, 11) is 0. The van der Waals surface area contributed by atoms with Crippen LogP contribution < -0.4 is 76.9 Å². The van der Waals surface area contributed by atoms with Gasteiger partial charge in [0.05, 0.1) is 6.04 Å². The van der Waals surface area contributed by atoms with Gasteiger partial charge in [-0.1, -0.05) is 36.9 Å². The second-order valence-corrected chi connectivity index (χ2v) is 18.1. The lowest BCUT2D eigenvalue weighted by atomic mass is 10.0. The van der Waals surface area contributed by atoms with Crippen molar-refractivity contribution in [3.05, 3.63) is 83.9 Å². The summed E-state index contributed by atoms with van der Waals surface area (Å²) >= 11 is 0. The number of hydrogen-bond acceptors (Lipinski definition) is 12. The minimum Gasteiger partial charge on any atom is -0.401 e. The molecule has 0 bridgehead atoms. The summed E-state index contributed by atoms with van der Waals surface area (Å²) in [6.45, 7) is 5.13. The fraction of sp³-hybridized carbons (Fsp3) is 0.469. The van der Waals surface area contributed by atoms with E-state index in [9.17, 15) is 42.7 Å². The number of nitrogens with one attached hydrogen (secondary N) is 9. The second kappa shape index (κ2) is 30.0. The van der Waals surface area contributed by atoms with Crippen molar-refractivity contribution in [2.45, 2.75) is 120 Å². The number of guanidine groups is 2. The zero-order chi connectivity index (χ0) is 55.0. The Morgan fingerprint density at radius 1 is 0.760 bits per heavy atom. The van der Waals surface area contributed by atoms with E-state index in [-0.39, 0.29) is 120 Å². The average Bonchev–Trinajstić information content (AvgIpc) is 3.76. The lowest BCUT2D eigenvalue weighted by molar-refractivity contribution is -0.135. The summed E-state index contributed by atoms with van der Waals surface area (Å²) < 4.78 is 14.6. The van der Waals surface area contributed by atoms with Crippen LogP contribution >= 0.6 is 0 Å². The Hall–Kier alpha value is -8.29. The van der Waals surface area contributed by atoms with E-state index in [1.165, 1.54) is 25.1 Å². The molecule has 25 nitrogen and oxygen atoms in total. The first-order valence-corrected chi connectivity index (χ1v) is 24.6. The maximum atomic E-state index is 14.6. The zero-order valence-electron chi connectivity index (χ0n) is 42.1. The van der Waals surface area contributed by atoms with Crippen LogP contribution in [0.1, 0.15) is 75.8 Å². The highest BCUT2D eigenvalue weighted by molar-refractivity contribution is 5.97. The summed E-state index contributed by atoms with van der Waals surface area (Å²) in [6, 6.07) is 3.45. The molecule has 26 heteroatoms. The number of carbonyl (C=O) groups is 8. The topological polar surface area (TPSA) is 429 Å². The van der Waals surface area contributed by atoms with Crippen molar-refractivity contribution in [1.82, 2.24) is 47.5 Å². The Morgan fingerprint density at radius 3 is 2.03 bits per heavy atom. The zero-order valence-corrected chi connectivity index (χ0v) is 42.1. The molecule has 21 N–H and O–H groups in total. The van der Waals surface area contributed by atoms with Gasteiger partial charge in [-0.15, -0.1) is 0 Å². The molecule has 0 spiro atoms. The maximum absolute atomic E-state index is 14.6. The smallest absolute Gasteiger partial charge is 0.243 e. The molecule has 75 heavy (non-hydrogen) atoms. The molecule has 8 amide bonds. The predicted octanol–water partition coefficient (Wildman–Crippen LogP) is -2.88. The van der Waals surface area contributed by atoms with E-state index in [4.69, 9.17) is 34.4 Å². The minimum absolute atomic E-state index is 0.0304. The average molecular weight is 1050 g/mol. The van der Waals surface area contributed by atoms with E-state index in [0.717, 1.165) is 17.0 Å². The van der Waals surface area contributed by atoms with Crippen molar-refractivity contribution in [1.29, 1.82) is 0 Å². The van der Waals surface area contributed by atoms with Crippen LogP contribution in [-0.4, -0.2) is 133 Å². The lowest BCUT2D eigenvalue weighted by Crippen LogP contribution is -2.60. The Labute approximate surface area is 433 Å². The fourth-order valence-corrected chi connectivity index (χ4v) is 8.21. The predicted molar refractivity (Wildman–Crippen MR) is 280 cm³/mol. The molecule has 0 radical (unpaired) electrons. The molecule has 0 saturated carbocycles. The monoisotopic (exact) mass is 1050 g/mol. The Bertz CT molecular complexity index is 2550. The normalized spacial score (nSPS) is 21.1. The number of rotatable bonds is 18. The molecular formula is C49H72FN17O8. The van der Waals surface area contributed by atoms with Crippen LogP contribution in [0.3, 0.4) is 0 Å². The molecule has 1 aliphatic heterocycles. The first kappa shape index (κ1) is 59.3. The number of hydrogen-bond donors (Lipinski definition) is 15. The molecule has 4 rings (SSSR count). The van der Waals surface area contributed by atoms with Crippen LogP contribution in [0.25, 0.3) is 10.9 Å². The highest BCUT2D eigenvalue weighted by atomic mass is 19.1. The van der Waals surface area contributed by atoms with E-state index in [1.807, 2.05) is 24.3 Å². The number of amides is 8. The molecule has 0 aliphatic carbocycles. The van der Waals surface area contributed by atoms with Gasteiger partial charge in [-0.2, -0.15) is 0 Å². The van der Waals surface area contributed by atoms with Crippen molar-refractivity contribution in [2.24, 2.45) is 44.4 Å². The van der Waals surface area contributed by atoms with E-state index < -0.39 is 95.4 Å². The van der Waals surface area contributed by atoms with Crippen LogP contribution in [-0.2, 0) is 51.2 Å². The number of para-hydroxylation sites is 1. The first-order chi connectivity index (χ1) is 35.7. The molecular weight excluding hydrogens is 974 g/mol. The summed E-state index contributed by atoms with van der Waals surface area (Å²) in [5, 5.41) is 22.3. The van der Waals surface area contributed by atoms with Gasteiger partial charge in [0.25, 0.3) is 0 Å². The van der Waals surface area contributed by atoms with Gasteiger partial charge in [0, 0.05) is 68.6 Å². The largest absolute Gasteiger partial charge is 0.401 e. The summed E-state index contributed by atoms with van der Waals surface area (Å²) in [4.78, 5) is 122. The molecule has 1 fully saturated rings. The summed E-state index contributed by atoms with van der Waals surface area (Å²) in [5.74, 6) is -7.14. The Kier molecular flexibility index (Phi) is 23.7. The summed E-state index contributed by atoms with van der Waals surface area (Å²) in [5.41, 5.74) is 35.9. The van der Waals surface area contributed by atoms with E-state index in [0.29, 0.717) is 5.56 Å². The standard InChI is InChI=1S/C49H72FN17O8/c1-27(52)33-13-6-20-57-41(69)17-16-37(64-42(70)35(61-28(2)68)14-7-21-58-48(53)54)44(72)65-38(18-19-51)45(73)66-39(24-29-9-5-10-31(50)23-29)46(74)63-36(15-8-22-59-49(55)56)43(71)67-40(47(75)62-33)25-30-26-60-34-12-4-3-11-32(30)34/h3-5,9-12,23,26,33,35-40,60H,1,6-8,13-22,24-25,51-52H2,2H3,(H,57,69)(H,61,68)(H,62,75)(H,63,74)(H,64,70)(H,65,72)(H,66,73)(H,67,71)(H4,53,54,58)(H4,55,56,59)/t33?,35-,36-,37-,38-,39+,40-/m0/s1. The number of aromatic amines is 1. The molecule has 1 aliphatic rings. The van der Waals surface area contributed by atoms with Gasteiger partial charge in [-0.25, -0.2) is 4.39 Å². The van der Waals surface area contributed by atoms with Gasteiger partial charge < -0.3 is 81.9 Å². The van der Waals surface area contributed by atoms with Gasteiger partial charge >= 0.3 is 0 Å². The highest BCUT2D eigenvalue weighted by Crippen LogP contribution is 2.20. The third-order valence-corrected chi connectivity index (χ3v) is 12.0. The fourth-order valence-electron chi connectivity index (χ4n) is 8.21. The Morgan fingerprint density at radius 2 is 1.37 bits per heavy atom. The molecule has 1 aromatic heterocycles. The lowest BCUT2D eigenvalue weighted by Gasteiger charge is -2.28. The van der Waals surface area contributed by atoms with Crippen LogP contribution in [0.4, 0.5) is 4.39 Å². The summed E-state index contributed by atoms with van der Waals surface area (Å²) in [6.07, 6.45) is 1.36. The van der Waals surface area contributed by atoms with Crippen LogP contribution in [0.15, 0.2) is 77.0 Å². The number of H-pyrrole nitrogens is 1. The maximum Gasteiger partial charge on any atom is 0.243 e. The van der Waals surface area contributed by atoms with Gasteiger partial charge in [0.2, 0.25) is 47.3 Å². The molecule has 2 aromatic carbocycles. The number of benzene rings is 2. The third kappa shape index (κ3) is 20.3. The van der Waals surface area contributed by atoms with Crippen molar-refractivity contribution in [2.75, 3.05) is 26.2 Å². The minimum atomic E-state index is -1.54. The van der Waals surface area contributed by atoms with Crippen LogP contribution in [0.5, 0.6) is 0 Å². The van der Waals surface area contributed by atoms with Crippen molar-refractivity contribution in [3.63, 3.8) is 0 Å². The van der Waals surface area contributed by atoms with Gasteiger partial charge in [-0.05, 0) is 87.2 Å². The third-order valence-electron chi connectivity index (χ3n) is 12.0. The number of fused-ring (bicyclic) bond motifs is 1. The molecule has 2 heterocycles. The first-order valence-electron chi connectivity index (χ1n) is 24.6. The molecule has 3 aromatic rings. The number of nitrogens with two attached hydrogens (primary N) is 6. The molecule has 1 unspecified atom stereocenters. The second-order valence-electron chi connectivity index (χ2n) is 18.1. The number of nitrogens with zero attached hydrogens (tertiary/aromatic N) is 2. The molecule has 408 valence electrons. The SMILES string of the molecule is C=C(N)C1CCCNC(=O)CC[C@H](NC(=O)[C@H](CCCN=C(N)N)NC(C)=O)C(=O)N[C@@H](CCN)C(=O)N[C@H](Cc2cccc(F)c2)C(=O)N[C@@H](CCCN=C(N)N)C(=O)N[C@@H](Cc2c[nH]c3ccccc23)C(=O)N1. The Balaban J connectivity index is 1.77. The van der Waals surface area contributed by atoms with E-state index in [2.05, 4.69) is 64.1 Å². The van der Waals surface area contributed by atoms with E-state index >= 15 is 0 Å². The molecule has 7 atom stereocenters. The van der Waals surface area contributed by atoms with Gasteiger partial charge in [-0.3, -0.25) is 48.3 Å². The highest BCUT2D eigenvalue weighted by Gasteiger charge is 2.34. The van der Waals surface area contributed by atoms with Gasteiger partial charge in [0.15, 0.2) is 11.9 Å². The van der Waals surface area contributed by atoms with E-state index in [1.54, 1.807) is 6.20 Å². The molecule has 1 saturated heterocycles. The number of aromatic nitrogens is 1. The van der Waals surface area contributed by atoms with Crippen LogP contribution in [0, 0.1) is 5.82 Å². The number of aliphatic imine (C=N–C) groups is 2. The van der Waals surface area contributed by atoms with Crippen molar-refractivity contribution >= 4 is 70.1 Å². The van der Waals surface area contributed by atoms with Gasteiger partial charge in [0.1, 0.15) is 42.1 Å². The quantitative estimate of drug-likeness (QED) is 0.0346. The number of halogens is 1.